The van der Waals surface area contributed by atoms with E-state index in [2.05, 4.69) is 12.1 Å². The summed E-state index contributed by atoms with van der Waals surface area (Å²) in [5.74, 6) is 0.490. The molecule has 1 aliphatic carbocycles. The summed E-state index contributed by atoms with van der Waals surface area (Å²) in [6, 6.07) is 15.1. The van der Waals surface area contributed by atoms with Gasteiger partial charge in [0.05, 0.1) is 5.02 Å². The summed E-state index contributed by atoms with van der Waals surface area (Å²) in [4.78, 5) is 0. The monoisotopic (exact) mass is 275 g/mol. The Morgan fingerprint density at radius 2 is 1.89 bits per heavy atom. The molecule has 98 valence electrons. The van der Waals surface area contributed by atoms with E-state index in [0.717, 1.165) is 12.0 Å². The standard InChI is InChI=1S/C16H15ClFN/c17-14-7-6-11(8-15(14)18)16(19)13-9-12(13)10-4-2-1-3-5-10/h1-8,12-13,16H,9,19H2. The summed E-state index contributed by atoms with van der Waals surface area (Å²) in [5, 5.41) is 0.145. The van der Waals surface area contributed by atoms with E-state index in [1.165, 1.54) is 11.6 Å². The zero-order valence-electron chi connectivity index (χ0n) is 10.4. The maximum atomic E-state index is 13.5. The normalized spacial score (nSPS) is 23.1. The predicted molar refractivity (Wildman–Crippen MR) is 75.6 cm³/mol. The van der Waals surface area contributed by atoms with Gasteiger partial charge in [0.1, 0.15) is 5.82 Å². The first-order valence-electron chi connectivity index (χ1n) is 6.42. The lowest BCUT2D eigenvalue weighted by Crippen LogP contribution is -2.13. The number of halogens is 2. The van der Waals surface area contributed by atoms with E-state index in [-0.39, 0.29) is 11.1 Å². The molecule has 2 aromatic carbocycles. The van der Waals surface area contributed by atoms with Crippen molar-refractivity contribution in [3.8, 4) is 0 Å². The van der Waals surface area contributed by atoms with Gasteiger partial charge in [-0.05, 0) is 41.5 Å². The minimum absolute atomic E-state index is 0.128. The molecule has 0 aliphatic heterocycles. The second kappa shape index (κ2) is 4.95. The van der Waals surface area contributed by atoms with Crippen molar-refractivity contribution < 1.29 is 4.39 Å². The fourth-order valence-corrected chi connectivity index (χ4v) is 2.78. The topological polar surface area (TPSA) is 26.0 Å². The van der Waals surface area contributed by atoms with Gasteiger partial charge < -0.3 is 5.73 Å². The molecule has 0 spiro atoms. The van der Waals surface area contributed by atoms with Gasteiger partial charge in [-0.2, -0.15) is 0 Å². The van der Waals surface area contributed by atoms with Crippen LogP contribution in [-0.4, -0.2) is 0 Å². The molecular formula is C16H15ClFN. The van der Waals surface area contributed by atoms with E-state index in [0.29, 0.717) is 11.8 Å². The molecule has 2 N–H and O–H groups in total. The third-order valence-electron chi connectivity index (χ3n) is 3.86. The van der Waals surface area contributed by atoms with Crippen LogP contribution in [0.4, 0.5) is 4.39 Å². The molecule has 3 heteroatoms. The third-order valence-corrected chi connectivity index (χ3v) is 4.16. The molecular weight excluding hydrogens is 261 g/mol. The summed E-state index contributed by atoms with van der Waals surface area (Å²) in [6.07, 6.45) is 1.06. The predicted octanol–water partition coefficient (Wildman–Crippen LogP) is 4.28. The Kier molecular flexibility index (Phi) is 3.29. The molecule has 3 unspecified atom stereocenters. The Balaban J connectivity index is 1.76. The van der Waals surface area contributed by atoms with Crippen molar-refractivity contribution in [1.82, 2.24) is 0 Å². The van der Waals surface area contributed by atoms with Gasteiger partial charge in [-0.3, -0.25) is 0 Å². The highest BCUT2D eigenvalue weighted by atomic mass is 35.5. The highest BCUT2D eigenvalue weighted by Gasteiger charge is 2.42. The Hall–Kier alpha value is -1.38. The SMILES string of the molecule is NC(c1ccc(Cl)c(F)c1)C1CC1c1ccccc1. The van der Waals surface area contributed by atoms with Gasteiger partial charge >= 0.3 is 0 Å². The Morgan fingerprint density at radius 1 is 1.16 bits per heavy atom. The molecule has 3 rings (SSSR count). The fraction of sp³-hybridized carbons (Fsp3) is 0.250. The molecule has 2 aromatic rings. The quantitative estimate of drug-likeness (QED) is 0.889. The molecule has 1 aliphatic rings. The zero-order chi connectivity index (χ0) is 13.4. The maximum absolute atomic E-state index is 13.5. The van der Waals surface area contributed by atoms with E-state index >= 15 is 0 Å². The van der Waals surface area contributed by atoms with Gasteiger partial charge in [0.25, 0.3) is 0 Å². The molecule has 0 radical (unpaired) electrons. The average molecular weight is 276 g/mol. The maximum Gasteiger partial charge on any atom is 0.142 e. The molecule has 1 nitrogen and oxygen atoms in total. The minimum atomic E-state index is -0.397. The van der Waals surface area contributed by atoms with Gasteiger partial charge in [0.2, 0.25) is 0 Å². The third kappa shape index (κ3) is 2.51. The highest BCUT2D eigenvalue weighted by molar-refractivity contribution is 6.30. The van der Waals surface area contributed by atoms with Gasteiger partial charge in [0, 0.05) is 6.04 Å². The minimum Gasteiger partial charge on any atom is -0.324 e. The van der Waals surface area contributed by atoms with Crippen molar-refractivity contribution in [1.29, 1.82) is 0 Å². The number of hydrogen-bond donors (Lipinski definition) is 1. The van der Waals surface area contributed by atoms with Crippen molar-refractivity contribution in [3.05, 3.63) is 70.5 Å². The van der Waals surface area contributed by atoms with E-state index in [4.69, 9.17) is 17.3 Å². The molecule has 3 atom stereocenters. The molecule has 0 saturated heterocycles. The Morgan fingerprint density at radius 3 is 2.58 bits per heavy atom. The number of nitrogens with two attached hydrogens (primary N) is 1. The number of rotatable bonds is 3. The molecule has 0 heterocycles. The lowest BCUT2D eigenvalue weighted by atomic mass is 9.99. The van der Waals surface area contributed by atoms with Crippen LogP contribution in [0, 0.1) is 11.7 Å². The molecule has 0 aromatic heterocycles. The molecule has 1 saturated carbocycles. The van der Waals surface area contributed by atoms with Crippen molar-refractivity contribution >= 4 is 11.6 Å². The van der Waals surface area contributed by atoms with E-state index in [1.807, 2.05) is 24.3 Å². The van der Waals surface area contributed by atoms with Crippen molar-refractivity contribution in [2.45, 2.75) is 18.4 Å². The van der Waals surface area contributed by atoms with Gasteiger partial charge in [-0.1, -0.05) is 48.0 Å². The van der Waals surface area contributed by atoms with E-state index < -0.39 is 5.82 Å². The van der Waals surface area contributed by atoms with Crippen LogP contribution in [0.25, 0.3) is 0 Å². The van der Waals surface area contributed by atoms with Crippen molar-refractivity contribution in [2.24, 2.45) is 11.7 Å². The first-order valence-corrected chi connectivity index (χ1v) is 6.80. The Bertz CT molecular complexity index is 585. The Labute approximate surface area is 117 Å². The van der Waals surface area contributed by atoms with Crippen LogP contribution in [0.5, 0.6) is 0 Å². The summed E-state index contributed by atoms with van der Waals surface area (Å²) in [7, 11) is 0. The zero-order valence-corrected chi connectivity index (χ0v) is 11.1. The summed E-state index contributed by atoms with van der Waals surface area (Å²) < 4.78 is 13.5. The second-order valence-corrected chi connectivity index (χ2v) is 5.52. The van der Waals surface area contributed by atoms with Crippen LogP contribution in [0.1, 0.15) is 29.5 Å². The largest absolute Gasteiger partial charge is 0.324 e. The lowest BCUT2D eigenvalue weighted by Gasteiger charge is -2.12. The van der Waals surface area contributed by atoms with Crippen LogP contribution in [0.2, 0.25) is 5.02 Å². The summed E-state index contributed by atoms with van der Waals surface area (Å²) in [6.45, 7) is 0. The summed E-state index contributed by atoms with van der Waals surface area (Å²) >= 11 is 5.69. The van der Waals surface area contributed by atoms with E-state index in [1.54, 1.807) is 6.07 Å². The van der Waals surface area contributed by atoms with Crippen molar-refractivity contribution in [2.75, 3.05) is 0 Å². The first-order chi connectivity index (χ1) is 9.16. The lowest BCUT2D eigenvalue weighted by molar-refractivity contribution is 0.593. The second-order valence-electron chi connectivity index (χ2n) is 5.12. The molecule has 0 amide bonds. The smallest absolute Gasteiger partial charge is 0.142 e. The van der Waals surface area contributed by atoms with Crippen LogP contribution >= 0.6 is 11.6 Å². The van der Waals surface area contributed by atoms with Gasteiger partial charge in [-0.25, -0.2) is 4.39 Å². The van der Waals surface area contributed by atoms with Crippen molar-refractivity contribution in [3.63, 3.8) is 0 Å². The van der Waals surface area contributed by atoms with Crippen LogP contribution in [-0.2, 0) is 0 Å². The molecule has 19 heavy (non-hydrogen) atoms. The number of benzene rings is 2. The molecule has 0 bridgehead atoms. The van der Waals surface area contributed by atoms with E-state index in [9.17, 15) is 4.39 Å². The number of hydrogen-bond acceptors (Lipinski definition) is 1. The van der Waals surface area contributed by atoms with Crippen LogP contribution in [0.3, 0.4) is 0 Å². The first kappa shape index (κ1) is 12.6. The summed E-state index contributed by atoms with van der Waals surface area (Å²) in [5.41, 5.74) is 8.38. The molecule has 1 fully saturated rings. The highest BCUT2D eigenvalue weighted by Crippen LogP contribution is 2.53. The average Bonchev–Trinajstić information content (AvgIpc) is 3.22. The van der Waals surface area contributed by atoms with Crippen LogP contribution < -0.4 is 5.73 Å². The van der Waals surface area contributed by atoms with Crippen LogP contribution in [0.15, 0.2) is 48.5 Å². The fourth-order valence-electron chi connectivity index (χ4n) is 2.66. The van der Waals surface area contributed by atoms with Gasteiger partial charge in [-0.15, -0.1) is 0 Å². The van der Waals surface area contributed by atoms with Gasteiger partial charge in [0.15, 0.2) is 0 Å².